The van der Waals surface area contributed by atoms with Gasteiger partial charge in [-0.2, -0.15) is 0 Å². The van der Waals surface area contributed by atoms with Gasteiger partial charge >= 0.3 is 5.97 Å². The van der Waals surface area contributed by atoms with Crippen molar-refractivity contribution in [3.8, 4) is 0 Å². The summed E-state index contributed by atoms with van der Waals surface area (Å²) in [7, 11) is 2.99. The van der Waals surface area contributed by atoms with Crippen LogP contribution in [0.4, 0.5) is 0 Å². The first-order chi connectivity index (χ1) is 8.74. The first-order valence-electron chi connectivity index (χ1n) is 5.84. The molecule has 0 saturated carbocycles. The van der Waals surface area contributed by atoms with Gasteiger partial charge in [-0.05, 0) is 18.1 Å². The molecule has 0 aromatic heterocycles. The van der Waals surface area contributed by atoms with Crippen molar-refractivity contribution in [2.45, 2.75) is 12.3 Å². The van der Waals surface area contributed by atoms with Crippen LogP contribution in [0, 0.1) is 0 Å². The van der Waals surface area contributed by atoms with Gasteiger partial charge in [0.05, 0.1) is 14.2 Å². The van der Waals surface area contributed by atoms with Crippen molar-refractivity contribution >= 4 is 5.97 Å². The number of methoxy groups -OCH3 is 2. The number of esters is 1. The van der Waals surface area contributed by atoms with Crippen LogP contribution in [-0.2, 0) is 14.3 Å². The van der Waals surface area contributed by atoms with Crippen LogP contribution in [-0.4, -0.2) is 20.2 Å². The summed E-state index contributed by atoms with van der Waals surface area (Å²) < 4.78 is 9.95. The molecule has 0 spiro atoms. The lowest BCUT2D eigenvalue weighted by molar-refractivity contribution is -0.134. The summed E-state index contributed by atoms with van der Waals surface area (Å²) in [4.78, 5) is 11.3. The molecule has 0 N–H and O–H groups in total. The molecule has 1 aliphatic rings. The van der Waals surface area contributed by atoms with Gasteiger partial charge in [0.1, 0.15) is 5.76 Å². The molecule has 0 aliphatic heterocycles. The van der Waals surface area contributed by atoms with Crippen LogP contribution in [0.15, 0.2) is 53.8 Å². The molecule has 2 rings (SSSR count). The van der Waals surface area contributed by atoms with Gasteiger partial charge in [0, 0.05) is 17.6 Å². The number of carbonyl (C=O) groups excluding carboxylic acids is 1. The summed E-state index contributed by atoms with van der Waals surface area (Å²) in [6, 6.07) is 10.2. The number of carbonyl (C=O) groups is 1. The molecule has 0 fully saturated rings. The standard InChI is InChI=1S/C15H16O3/c1-17-14-9-12(11-6-4-3-5-7-11)8-13(14)10-15(16)18-2/h3-7,9-10,12H,8H2,1-2H3/b13-10+. The zero-order chi connectivity index (χ0) is 13.0. The summed E-state index contributed by atoms with van der Waals surface area (Å²) in [5.41, 5.74) is 2.11. The highest BCUT2D eigenvalue weighted by molar-refractivity contribution is 5.83. The fourth-order valence-electron chi connectivity index (χ4n) is 2.13. The van der Waals surface area contributed by atoms with E-state index in [9.17, 15) is 4.79 Å². The Bertz CT molecular complexity index is 486. The Hall–Kier alpha value is -2.03. The minimum atomic E-state index is -0.346. The first-order valence-corrected chi connectivity index (χ1v) is 5.84. The monoisotopic (exact) mass is 244 g/mol. The molecule has 1 atom stereocenters. The van der Waals surface area contributed by atoms with E-state index >= 15 is 0 Å². The van der Waals surface area contributed by atoms with E-state index in [0.717, 1.165) is 17.8 Å². The lowest BCUT2D eigenvalue weighted by Crippen LogP contribution is -1.98. The maximum Gasteiger partial charge on any atom is 0.330 e. The first kappa shape index (κ1) is 12.4. The molecule has 1 aromatic rings. The van der Waals surface area contributed by atoms with Crippen LogP contribution < -0.4 is 0 Å². The molecule has 0 heterocycles. The van der Waals surface area contributed by atoms with Crippen molar-refractivity contribution in [2.75, 3.05) is 14.2 Å². The Morgan fingerprint density at radius 2 is 2.00 bits per heavy atom. The summed E-state index contributed by atoms with van der Waals surface area (Å²) in [6.45, 7) is 0. The summed E-state index contributed by atoms with van der Waals surface area (Å²) in [6.07, 6.45) is 4.31. The van der Waals surface area contributed by atoms with E-state index in [0.29, 0.717) is 0 Å². The minimum Gasteiger partial charge on any atom is -0.497 e. The molecule has 0 radical (unpaired) electrons. The van der Waals surface area contributed by atoms with Gasteiger partial charge < -0.3 is 9.47 Å². The molecule has 3 heteroatoms. The molecule has 0 bridgehead atoms. The van der Waals surface area contributed by atoms with Crippen LogP contribution in [0.2, 0.25) is 0 Å². The minimum absolute atomic E-state index is 0.261. The molecule has 18 heavy (non-hydrogen) atoms. The fourth-order valence-corrected chi connectivity index (χ4v) is 2.13. The smallest absolute Gasteiger partial charge is 0.330 e. The van der Waals surface area contributed by atoms with Gasteiger partial charge in [0.2, 0.25) is 0 Å². The number of hydrogen-bond donors (Lipinski definition) is 0. The third-order valence-corrected chi connectivity index (χ3v) is 3.05. The Labute approximate surface area is 107 Å². The lowest BCUT2D eigenvalue weighted by atomic mass is 9.98. The van der Waals surface area contributed by atoms with E-state index in [-0.39, 0.29) is 11.9 Å². The molecular weight excluding hydrogens is 228 g/mol. The second-order valence-corrected chi connectivity index (χ2v) is 4.15. The van der Waals surface area contributed by atoms with Gasteiger partial charge in [-0.25, -0.2) is 4.79 Å². The van der Waals surface area contributed by atoms with Crippen molar-refractivity contribution in [1.29, 1.82) is 0 Å². The van der Waals surface area contributed by atoms with Gasteiger partial charge in [0.25, 0.3) is 0 Å². The highest BCUT2D eigenvalue weighted by Gasteiger charge is 2.23. The van der Waals surface area contributed by atoms with Crippen LogP contribution in [0.1, 0.15) is 17.9 Å². The van der Waals surface area contributed by atoms with E-state index < -0.39 is 0 Å². The number of allylic oxidation sites excluding steroid dienone is 2. The van der Waals surface area contributed by atoms with Crippen molar-refractivity contribution < 1.29 is 14.3 Å². The Balaban J connectivity index is 2.23. The van der Waals surface area contributed by atoms with E-state index in [2.05, 4.69) is 16.9 Å². The molecule has 3 nitrogen and oxygen atoms in total. The summed E-state index contributed by atoms with van der Waals surface area (Å²) in [5, 5.41) is 0. The Morgan fingerprint density at radius 1 is 1.28 bits per heavy atom. The van der Waals surface area contributed by atoms with Crippen molar-refractivity contribution in [1.82, 2.24) is 0 Å². The van der Waals surface area contributed by atoms with Gasteiger partial charge in [0.15, 0.2) is 0 Å². The van der Waals surface area contributed by atoms with Crippen molar-refractivity contribution in [2.24, 2.45) is 0 Å². The number of benzene rings is 1. The molecule has 0 saturated heterocycles. The van der Waals surface area contributed by atoms with Crippen LogP contribution in [0.3, 0.4) is 0 Å². The molecule has 0 amide bonds. The Morgan fingerprint density at radius 3 is 2.61 bits per heavy atom. The zero-order valence-corrected chi connectivity index (χ0v) is 10.6. The average Bonchev–Trinajstić information content (AvgIpc) is 2.82. The zero-order valence-electron chi connectivity index (χ0n) is 10.6. The predicted octanol–water partition coefficient (Wildman–Crippen LogP) is 2.80. The second-order valence-electron chi connectivity index (χ2n) is 4.15. The number of ether oxygens (including phenoxy) is 2. The predicted molar refractivity (Wildman–Crippen MR) is 69.0 cm³/mol. The van der Waals surface area contributed by atoms with Crippen LogP contribution in [0.5, 0.6) is 0 Å². The van der Waals surface area contributed by atoms with Gasteiger partial charge in [-0.3, -0.25) is 0 Å². The van der Waals surface area contributed by atoms with Crippen molar-refractivity contribution in [3.05, 3.63) is 59.4 Å². The normalized spacial score (nSPS) is 20.7. The maximum atomic E-state index is 11.3. The molecule has 94 valence electrons. The molecular formula is C15H16O3. The topological polar surface area (TPSA) is 35.5 Å². The largest absolute Gasteiger partial charge is 0.497 e. The van der Waals surface area contributed by atoms with E-state index in [1.54, 1.807) is 7.11 Å². The number of hydrogen-bond acceptors (Lipinski definition) is 3. The third kappa shape index (κ3) is 2.62. The summed E-state index contributed by atoms with van der Waals surface area (Å²) in [5.74, 6) is 0.674. The second kappa shape index (κ2) is 5.54. The Kier molecular flexibility index (Phi) is 3.82. The number of rotatable bonds is 3. The van der Waals surface area contributed by atoms with Crippen LogP contribution >= 0.6 is 0 Å². The fraction of sp³-hybridized carbons (Fsp3) is 0.267. The van der Waals surface area contributed by atoms with E-state index in [4.69, 9.17) is 4.74 Å². The average molecular weight is 244 g/mol. The van der Waals surface area contributed by atoms with Gasteiger partial charge in [-0.15, -0.1) is 0 Å². The van der Waals surface area contributed by atoms with E-state index in [1.807, 2.05) is 24.3 Å². The highest BCUT2D eigenvalue weighted by Crippen LogP contribution is 2.36. The van der Waals surface area contributed by atoms with Crippen LogP contribution in [0.25, 0.3) is 0 Å². The highest BCUT2D eigenvalue weighted by atomic mass is 16.5. The molecule has 1 unspecified atom stereocenters. The van der Waals surface area contributed by atoms with Crippen molar-refractivity contribution in [3.63, 3.8) is 0 Å². The molecule has 1 aliphatic carbocycles. The third-order valence-electron chi connectivity index (χ3n) is 3.05. The lowest BCUT2D eigenvalue weighted by Gasteiger charge is -2.06. The van der Waals surface area contributed by atoms with Gasteiger partial charge in [-0.1, -0.05) is 30.3 Å². The SMILES string of the molecule is COC(=O)/C=C1\CC(c2ccccc2)C=C1OC. The quantitative estimate of drug-likeness (QED) is 0.606. The summed E-state index contributed by atoms with van der Waals surface area (Å²) >= 11 is 0. The maximum absolute atomic E-state index is 11.3. The molecule has 1 aromatic carbocycles. The van der Waals surface area contributed by atoms with E-state index in [1.165, 1.54) is 18.7 Å².